The molecule has 0 saturated heterocycles. The van der Waals surface area contributed by atoms with Crippen LogP contribution in [0.2, 0.25) is 0 Å². The zero-order chi connectivity index (χ0) is 21.2. The lowest BCUT2D eigenvalue weighted by molar-refractivity contribution is -0.135. The van der Waals surface area contributed by atoms with E-state index in [9.17, 15) is 13.2 Å². The molecule has 0 unspecified atom stereocenters. The maximum Gasteiger partial charge on any atom is 0.338 e. The van der Waals surface area contributed by atoms with Gasteiger partial charge in [-0.3, -0.25) is 0 Å². The minimum Gasteiger partial charge on any atom is -0.497 e. The van der Waals surface area contributed by atoms with Crippen molar-refractivity contribution in [2.45, 2.75) is 18.2 Å². The highest BCUT2D eigenvalue weighted by atomic mass is 32.2. The predicted molar refractivity (Wildman–Crippen MR) is 112 cm³/mol. The van der Waals surface area contributed by atoms with Crippen molar-refractivity contribution in [2.24, 2.45) is 0 Å². The third-order valence-electron chi connectivity index (χ3n) is 4.91. The molecule has 0 heterocycles. The lowest BCUT2D eigenvalue weighted by Crippen LogP contribution is -2.18. The molecule has 0 saturated carbocycles. The van der Waals surface area contributed by atoms with Crippen LogP contribution >= 0.6 is 0 Å². The van der Waals surface area contributed by atoms with E-state index in [0.29, 0.717) is 16.9 Å². The molecular weight excluding hydrogens is 390 g/mol. The zero-order valence-electron chi connectivity index (χ0n) is 16.8. The van der Waals surface area contributed by atoms with Crippen LogP contribution in [-0.2, 0) is 26.0 Å². The van der Waals surface area contributed by atoms with E-state index in [4.69, 9.17) is 9.47 Å². The number of methoxy groups -OCH3 is 2. The Morgan fingerprint density at radius 3 is 2.38 bits per heavy atom. The smallest absolute Gasteiger partial charge is 0.338 e. The SMILES string of the molecule is CNS(=O)(=O)c1ccc(/C=C(\C(=O)OC)C2=C(C)Cc3ccc(OC)cc32)cc1. The van der Waals surface area contributed by atoms with Gasteiger partial charge < -0.3 is 9.47 Å². The Kier molecular flexibility index (Phi) is 5.91. The summed E-state index contributed by atoms with van der Waals surface area (Å²) in [4.78, 5) is 12.8. The summed E-state index contributed by atoms with van der Waals surface area (Å²) in [6, 6.07) is 12.1. The predicted octanol–water partition coefficient (Wildman–Crippen LogP) is 3.19. The summed E-state index contributed by atoms with van der Waals surface area (Å²) in [6.45, 7) is 1.99. The number of fused-ring (bicyclic) bond motifs is 1. The van der Waals surface area contributed by atoms with E-state index in [0.717, 1.165) is 28.7 Å². The molecule has 0 spiro atoms. The second-order valence-electron chi connectivity index (χ2n) is 6.68. The van der Waals surface area contributed by atoms with Crippen molar-refractivity contribution in [3.05, 3.63) is 70.3 Å². The molecule has 2 aromatic carbocycles. The first-order valence-corrected chi connectivity index (χ1v) is 10.5. The summed E-state index contributed by atoms with van der Waals surface area (Å²) in [5.74, 6) is 0.253. The van der Waals surface area contributed by atoms with E-state index in [1.165, 1.54) is 26.3 Å². The first kappa shape index (κ1) is 20.8. The molecule has 2 aromatic rings. The van der Waals surface area contributed by atoms with Gasteiger partial charge in [-0.05, 0) is 73.0 Å². The number of carbonyl (C=O) groups excluding carboxylic acids is 1. The van der Waals surface area contributed by atoms with Crippen molar-refractivity contribution >= 4 is 27.6 Å². The van der Waals surface area contributed by atoms with Gasteiger partial charge in [-0.25, -0.2) is 17.9 Å². The lowest BCUT2D eigenvalue weighted by atomic mass is 9.95. The van der Waals surface area contributed by atoms with E-state index in [1.807, 2.05) is 25.1 Å². The molecule has 1 aliphatic rings. The third kappa shape index (κ3) is 4.11. The monoisotopic (exact) mass is 413 g/mol. The van der Waals surface area contributed by atoms with Gasteiger partial charge in [0, 0.05) is 0 Å². The maximum absolute atomic E-state index is 12.6. The number of hydrogen-bond acceptors (Lipinski definition) is 5. The maximum atomic E-state index is 12.6. The van der Waals surface area contributed by atoms with Crippen molar-refractivity contribution in [1.82, 2.24) is 4.72 Å². The molecule has 0 atom stereocenters. The average Bonchev–Trinajstić information content (AvgIpc) is 3.06. The van der Waals surface area contributed by atoms with E-state index < -0.39 is 16.0 Å². The molecule has 29 heavy (non-hydrogen) atoms. The van der Waals surface area contributed by atoms with Crippen LogP contribution in [-0.4, -0.2) is 35.7 Å². The fourth-order valence-electron chi connectivity index (χ4n) is 3.42. The molecule has 0 aliphatic heterocycles. The number of benzene rings is 2. The van der Waals surface area contributed by atoms with Crippen molar-refractivity contribution in [1.29, 1.82) is 0 Å². The topological polar surface area (TPSA) is 81.7 Å². The van der Waals surface area contributed by atoms with Crippen molar-refractivity contribution in [3.8, 4) is 5.75 Å². The minimum atomic E-state index is -3.52. The average molecular weight is 413 g/mol. The molecule has 0 amide bonds. The fourth-order valence-corrected chi connectivity index (χ4v) is 4.15. The van der Waals surface area contributed by atoms with Gasteiger partial charge in [0.25, 0.3) is 0 Å². The third-order valence-corrected chi connectivity index (χ3v) is 6.34. The molecular formula is C22H23NO5S. The number of hydrogen-bond donors (Lipinski definition) is 1. The molecule has 0 radical (unpaired) electrons. The minimum absolute atomic E-state index is 0.156. The van der Waals surface area contributed by atoms with Gasteiger partial charge in [-0.1, -0.05) is 23.8 Å². The highest BCUT2D eigenvalue weighted by molar-refractivity contribution is 7.89. The van der Waals surface area contributed by atoms with Gasteiger partial charge in [0.05, 0.1) is 24.7 Å². The summed E-state index contributed by atoms with van der Waals surface area (Å²) in [7, 11) is 0.784. The summed E-state index contributed by atoms with van der Waals surface area (Å²) < 4.78 is 36.5. The van der Waals surface area contributed by atoms with E-state index >= 15 is 0 Å². The second-order valence-corrected chi connectivity index (χ2v) is 8.57. The Labute approximate surface area is 170 Å². The van der Waals surface area contributed by atoms with Crippen LogP contribution in [0.4, 0.5) is 0 Å². The molecule has 1 aliphatic carbocycles. The van der Waals surface area contributed by atoms with Gasteiger partial charge in [0.15, 0.2) is 0 Å². The van der Waals surface area contributed by atoms with Crippen LogP contribution < -0.4 is 9.46 Å². The number of carbonyl (C=O) groups is 1. The van der Waals surface area contributed by atoms with Gasteiger partial charge in [-0.15, -0.1) is 0 Å². The summed E-state index contributed by atoms with van der Waals surface area (Å²) >= 11 is 0. The summed E-state index contributed by atoms with van der Waals surface area (Å²) in [5, 5.41) is 0. The van der Waals surface area contributed by atoms with Gasteiger partial charge >= 0.3 is 5.97 Å². The Balaban J connectivity index is 2.09. The Hall–Kier alpha value is -2.90. The van der Waals surface area contributed by atoms with Crippen LogP contribution in [0.25, 0.3) is 11.6 Å². The standard InChI is InChI=1S/C22H23NO5S/c1-14-11-16-7-8-17(27-3)13-19(16)21(14)20(22(24)28-4)12-15-5-9-18(10-6-15)29(25,26)23-2/h5-10,12-13,23H,11H2,1-4H3/b20-12-. The number of ether oxygens (including phenoxy) is 2. The molecule has 1 N–H and O–H groups in total. The summed E-state index contributed by atoms with van der Waals surface area (Å²) in [5.41, 5.74) is 5.03. The molecule has 7 heteroatoms. The molecule has 0 fully saturated rings. The van der Waals surface area contributed by atoms with Crippen molar-refractivity contribution in [2.75, 3.05) is 21.3 Å². The highest BCUT2D eigenvalue weighted by Crippen LogP contribution is 2.40. The van der Waals surface area contributed by atoms with E-state index in [2.05, 4.69) is 4.72 Å². The van der Waals surface area contributed by atoms with Gasteiger partial charge in [0.2, 0.25) is 10.0 Å². The van der Waals surface area contributed by atoms with Crippen LogP contribution in [0.15, 0.2) is 58.5 Å². The van der Waals surface area contributed by atoms with Gasteiger partial charge in [-0.2, -0.15) is 0 Å². The number of nitrogens with one attached hydrogen (secondary N) is 1. The largest absolute Gasteiger partial charge is 0.497 e. The van der Waals surface area contributed by atoms with Crippen LogP contribution in [0.5, 0.6) is 5.75 Å². The van der Waals surface area contributed by atoms with Gasteiger partial charge in [0.1, 0.15) is 5.75 Å². The first-order valence-electron chi connectivity index (χ1n) is 9.01. The lowest BCUT2D eigenvalue weighted by Gasteiger charge is -2.12. The Bertz CT molecular complexity index is 1110. The molecule has 3 rings (SSSR count). The number of rotatable bonds is 6. The van der Waals surface area contributed by atoms with Crippen LogP contribution in [0.1, 0.15) is 23.6 Å². The molecule has 6 nitrogen and oxygen atoms in total. The molecule has 0 aromatic heterocycles. The van der Waals surface area contributed by atoms with E-state index in [1.54, 1.807) is 25.3 Å². The quantitative estimate of drug-likeness (QED) is 0.581. The second kappa shape index (κ2) is 8.23. The van der Waals surface area contributed by atoms with Crippen molar-refractivity contribution in [3.63, 3.8) is 0 Å². The van der Waals surface area contributed by atoms with Crippen LogP contribution in [0.3, 0.4) is 0 Å². The first-order chi connectivity index (χ1) is 13.8. The van der Waals surface area contributed by atoms with Crippen molar-refractivity contribution < 1.29 is 22.7 Å². The summed E-state index contributed by atoms with van der Waals surface area (Å²) in [6.07, 6.45) is 2.46. The fraction of sp³-hybridized carbons (Fsp3) is 0.227. The van der Waals surface area contributed by atoms with Crippen LogP contribution in [0, 0.1) is 0 Å². The number of sulfonamides is 1. The number of allylic oxidation sites excluding steroid dienone is 1. The normalized spacial score (nSPS) is 14.0. The molecule has 0 bridgehead atoms. The Morgan fingerprint density at radius 1 is 1.10 bits per heavy atom. The molecule has 152 valence electrons. The number of esters is 1. The Morgan fingerprint density at radius 2 is 1.79 bits per heavy atom. The van der Waals surface area contributed by atoms with E-state index in [-0.39, 0.29) is 4.90 Å². The zero-order valence-corrected chi connectivity index (χ0v) is 17.6. The highest BCUT2D eigenvalue weighted by Gasteiger charge is 2.26.